The summed E-state index contributed by atoms with van der Waals surface area (Å²) in [5.41, 5.74) is 11.2. The van der Waals surface area contributed by atoms with Crippen molar-refractivity contribution in [2.24, 2.45) is 5.11 Å². The molecule has 28 heavy (non-hydrogen) atoms. The Labute approximate surface area is 166 Å². The minimum atomic E-state index is -0.447. The Hall–Kier alpha value is -2.37. The maximum absolute atomic E-state index is 9.06. The van der Waals surface area contributed by atoms with Crippen molar-refractivity contribution in [3.05, 3.63) is 82.2 Å². The van der Waals surface area contributed by atoms with Crippen molar-refractivity contribution in [1.29, 1.82) is 0 Å². The summed E-state index contributed by atoms with van der Waals surface area (Å²) < 4.78 is 18.6. The van der Waals surface area contributed by atoms with E-state index in [-0.39, 0.29) is 24.4 Å². The first-order chi connectivity index (χ1) is 13.7. The third kappa shape index (κ3) is 5.12. The second-order valence-corrected chi connectivity index (χ2v) is 7.01. The highest BCUT2D eigenvalue weighted by Gasteiger charge is 2.44. The zero-order valence-corrected chi connectivity index (χ0v) is 16.3. The molecule has 2 unspecified atom stereocenters. The van der Waals surface area contributed by atoms with Gasteiger partial charge in [-0.3, -0.25) is 0 Å². The maximum atomic E-state index is 9.06. The number of nitrogens with zero attached hydrogens (tertiary/aromatic N) is 3. The van der Waals surface area contributed by atoms with Crippen LogP contribution in [0.3, 0.4) is 0 Å². The first-order valence-electron chi connectivity index (χ1n) is 9.73. The van der Waals surface area contributed by atoms with Crippen LogP contribution in [0.25, 0.3) is 10.4 Å². The first kappa shape index (κ1) is 20.4. The van der Waals surface area contributed by atoms with Gasteiger partial charge >= 0.3 is 0 Å². The van der Waals surface area contributed by atoms with Gasteiger partial charge in [0.05, 0.1) is 37.6 Å². The van der Waals surface area contributed by atoms with Crippen LogP contribution in [0.15, 0.2) is 65.8 Å². The Bertz CT molecular complexity index is 765. The lowest BCUT2D eigenvalue weighted by Gasteiger charge is -2.44. The van der Waals surface area contributed by atoms with Crippen LogP contribution in [0.1, 0.15) is 31.4 Å². The predicted octanol–water partition coefficient (Wildman–Crippen LogP) is 5.03. The number of azide groups is 1. The molecule has 5 atom stereocenters. The summed E-state index contributed by atoms with van der Waals surface area (Å²) in [5, 5.41) is 3.98. The normalized spacial score (nSPS) is 27.1. The molecule has 1 saturated heterocycles. The highest BCUT2D eigenvalue weighted by Crippen LogP contribution is 2.31. The van der Waals surface area contributed by atoms with Gasteiger partial charge in [-0.05, 0) is 30.0 Å². The lowest BCUT2D eigenvalue weighted by atomic mass is 9.92. The Morgan fingerprint density at radius 2 is 1.46 bits per heavy atom. The van der Waals surface area contributed by atoms with Crippen molar-refractivity contribution in [1.82, 2.24) is 0 Å². The Morgan fingerprint density at radius 3 is 1.96 bits per heavy atom. The quantitative estimate of drug-likeness (QED) is 0.365. The van der Waals surface area contributed by atoms with Crippen LogP contribution in [0.5, 0.6) is 0 Å². The van der Waals surface area contributed by atoms with Gasteiger partial charge < -0.3 is 14.2 Å². The Kier molecular flexibility index (Phi) is 7.46. The van der Waals surface area contributed by atoms with Crippen LogP contribution in [0.2, 0.25) is 0 Å². The monoisotopic (exact) mass is 381 g/mol. The van der Waals surface area contributed by atoms with Crippen molar-refractivity contribution >= 4 is 0 Å². The van der Waals surface area contributed by atoms with Gasteiger partial charge in [-0.2, -0.15) is 0 Å². The zero-order chi connectivity index (χ0) is 19.8. The van der Waals surface area contributed by atoms with Gasteiger partial charge in [0.2, 0.25) is 0 Å². The lowest BCUT2D eigenvalue weighted by molar-refractivity contribution is -0.212. The zero-order valence-electron chi connectivity index (χ0n) is 16.3. The molecule has 1 aliphatic rings. The number of hydrogen-bond acceptors (Lipinski definition) is 4. The van der Waals surface area contributed by atoms with E-state index in [4.69, 9.17) is 19.7 Å². The van der Waals surface area contributed by atoms with Gasteiger partial charge in [0.25, 0.3) is 0 Å². The van der Waals surface area contributed by atoms with Gasteiger partial charge in [0.1, 0.15) is 6.10 Å². The second kappa shape index (κ2) is 10.2. The summed E-state index contributed by atoms with van der Waals surface area (Å²) in [6.45, 7) is 4.87. The van der Waals surface area contributed by atoms with E-state index in [0.29, 0.717) is 13.2 Å². The molecule has 1 heterocycles. The summed E-state index contributed by atoms with van der Waals surface area (Å²) >= 11 is 0. The molecule has 1 aliphatic heterocycles. The first-order valence-corrected chi connectivity index (χ1v) is 9.73. The maximum Gasteiger partial charge on any atom is 0.111 e. The summed E-state index contributed by atoms with van der Waals surface area (Å²) in [6, 6.07) is 19.5. The predicted molar refractivity (Wildman–Crippen MR) is 108 cm³/mol. The largest absolute Gasteiger partial charge is 0.372 e. The molecule has 1 fully saturated rings. The van der Waals surface area contributed by atoms with E-state index in [1.165, 1.54) is 0 Å². The molecule has 2 aromatic carbocycles. The fourth-order valence-corrected chi connectivity index (χ4v) is 3.58. The van der Waals surface area contributed by atoms with E-state index >= 15 is 0 Å². The number of hydrogen-bond donors (Lipinski definition) is 0. The van der Waals surface area contributed by atoms with E-state index in [9.17, 15) is 0 Å². The van der Waals surface area contributed by atoms with E-state index < -0.39 is 6.04 Å². The number of benzene rings is 2. The molecule has 0 saturated carbocycles. The van der Waals surface area contributed by atoms with Crippen LogP contribution >= 0.6 is 0 Å². The van der Waals surface area contributed by atoms with E-state index in [0.717, 1.165) is 17.5 Å². The topological polar surface area (TPSA) is 76.5 Å². The fourth-order valence-electron chi connectivity index (χ4n) is 3.58. The van der Waals surface area contributed by atoms with Crippen molar-refractivity contribution in [3.8, 4) is 0 Å². The molecule has 2 aromatic rings. The smallest absolute Gasteiger partial charge is 0.111 e. The Morgan fingerprint density at radius 1 is 0.929 bits per heavy atom. The minimum Gasteiger partial charge on any atom is -0.372 e. The average Bonchev–Trinajstić information content (AvgIpc) is 2.74. The van der Waals surface area contributed by atoms with Crippen molar-refractivity contribution < 1.29 is 14.2 Å². The van der Waals surface area contributed by atoms with Crippen LogP contribution in [-0.2, 0) is 27.4 Å². The summed E-state index contributed by atoms with van der Waals surface area (Å²) in [5.74, 6) is 0. The fraction of sp³-hybridized carbons (Fsp3) is 0.455. The molecule has 3 rings (SSSR count). The van der Waals surface area contributed by atoms with Gasteiger partial charge in [-0.15, -0.1) is 0 Å². The second-order valence-electron chi connectivity index (χ2n) is 7.01. The standard InChI is InChI=1S/C22H27N3O3/c1-3-19-21(26-14-17-10-6-4-7-11-17)22(20(24-25-23)16(2)28-19)27-15-18-12-8-5-9-13-18/h4-13,16,19-22H,3,14-15H2,1-2H3/t16-,19?,20?,21-,22+/m0/s1. The minimum absolute atomic E-state index is 0.121. The highest BCUT2D eigenvalue weighted by molar-refractivity contribution is 5.14. The number of rotatable bonds is 8. The molecule has 0 N–H and O–H groups in total. The van der Waals surface area contributed by atoms with Crippen molar-refractivity contribution in [3.63, 3.8) is 0 Å². The average molecular weight is 381 g/mol. The van der Waals surface area contributed by atoms with Crippen LogP contribution in [0.4, 0.5) is 0 Å². The molecule has 0 aromatic heterocycles. The van der Waals surface area contributed by atoms with Crippen LogP contribution in [0, 0.1) is 0 Å². The summed E-state index contributed by atoms with van der Waals surface area (Å²) in [6.07, 6.45) is -0.269. The van der Waals surface area contributed by atoms with Crippen molar-refractivity contribution in [2.75, 3.05) is 0 Å². The molecule has 148 valence electrons. The molecule has 0 aliphatic carbocycles. The van der Waals surface area contributed by atoms with Gasteiger partial charge in [-0.25, -0.2) is 0 Å². The molecule has 6 nitrogen and oxygen atoms in total. The Balaban J connectivity index is 1.79. The van der Waals surface area contributed by atoms with Crippen LogP contribution < -0.4 is 0 Å². The molecule has 0 spiro atoms. The van der Waals surface area contributed by atoms with Gasteiger partial charge in [-0.1, -0.05) is 72.7 Å². The summed E-state index contributed by atoms with van der Waals surface area (Å²) in [7, 11) is 0. The van der Waals surface area contributed by atoms with Crippen molar-refractivity contribution in [2.45, 2.75) is 63.9 Å². The molecule has 0 amide bonds. The van der Waals surface area contributed by atoms with E-state index in [1.54, 1.807) is 0 Å². The highest BCUT2D eigenvalue weighted by atomic mass is 16.6. The third-order valence-corrected chi connectivity index (χ3v) is 5.06. The van der Waals surface area contributed by atoms with E-state index in [2.05, 4.69) is 16.9 Å². The van der Waals surface area contributed by atoms with Gasteiger partial charge in [0, 0.05) is 4.91 Å². The van der Waals surface area contributed by atoms with Gasteiger partial charge in [0.15, 0.2) is 0 Å². The lowest BCUT2D eigenvalue weighted by Crippen LogP contribution is -2.57. The number of ether oxygens (including phenoxy) is 3. The summed E-state index contributed by atoms with van der Waals surface area (Å²) in [4.78, 5) is 3.03. The van der Waals surface area contributed by atoms with E-state index in [1.807, 2.05) is 67.6 Å². The SMILES string of the molecule is CCC1O[C@@H](C)C(N=[N+]=[N-])[C@@H](OCc2ccccc2)[C@H]1OCc1ccccc1. The molecule has 6 heteroatoms. The molecule has 0 radical (unpaired) electrons. The molecular weight excluding hydrogens is 354 g/mol. The molecular formula is C22H27N3O3. The molecule has 0 bridgehead atoms. The third-order valence-electron chi connectivity index (χ3n) is 5.06. The van der Waals surface area contributed by atoms with Crippen LogP contribution in [-0.4, -0.2) is 30.5 Å².